The second-order valence-corrected chi connectivity index (χ2v) is 7.34. The molecule has 0 radical (unpaired) electrons. The van der Waals surface area contributed by atoms with Gasteiger partial charge in [0.15, 0.2) is 0 Å². The van der Waals surface area contributed by atoms with Gasteiger partial charge in [0.25, 0.3) is 0 Å². The van der Waals surface area contributed by atoms with Crippen molar-refractivity contribution in [2.24, 2.45) is 0 Å². The monoisotopic (exact) mass is 389 g/mol. The maximum absolute atomic E-state index is 12.8. The van der Waals surface area contributed by atoms with Crippen LogP contribution < -0.4 is 10.2 Å². The molecule has 6 heteroatoms. The number of hydrogen-bond acceptors (Lipinski definition) is 3. The zero-order chi connectivity index (χ0) is 20.4. The Kier molecular flexibility index (Phi) is 5.16. The summed E-state index contributed by atoms with van der Waals surface area (Å²) < 4.78 is 0. The fraction of sp³-hybridized carbons (Fsp3) is 0.261. The molecule has 148 valence electrons. The molecule has 2 aromatic carbocycles. The molecule has 1 saturated heterocycles. The van der Waals surface area contributed by atoms with Crippen LogP contribution in [0.2, 0.25) is 0 Å². The first-order valence-electron chi connectivity index (χ1n) is 9.79. The third-order valence-corrected chi connectivity index (χ3v) is 5.36. The van der Waals surface area contributed by atoms with Gasteiger partial charge in [0.1, 0.15) is 0 Å². The number of fused-ring (bicyclic) bond motifs is 1. The van der Waals surface area contributed by atoms with Crippen molar-refractivity contribution >= 4 is 35.2 Å². The summed E-state index contributed by atoms with van der Waals surface area (Å²) >= 11 is 0. The van der Waals surface area contributed by atoms with Crippen molar-refractivity contribution in [3.63, 3.8) is 0 Å². The first kappa shape index (κ1) is 18.9. The molecule has 0 spiro atoms. The first-order valence-corrected chi connectivity index (χ1v) is 9.79. The number of benzene rings is 2. The van der Waals surface area contributed by atoms with Crippen LogP contribution in [0.5, 0.6) is 0 Å². The second kappa shape index (κ2) is 7.91. The van der Waals surface area contributed by atoms with Crippen LogP contribution in [0.15, 0.2) is 54.7 Å². The van der Waals surface area contributed by atoms with Crippen molar-refractivity contribution in [2.75, 3.05) is 16.8 Å². The van der Waals surface area contributed by atoms with Crippen LogP contribution in [0.4, 0.5) is 11.4 Å². The Morgan fingerprint density at radius 2 is 1.97 bits per heavy atom. The standard InChI is InChI=1S/C23H23N3O3/c1-16(27)25-13-11-17-6-2-3-9-20(17)21(25)15-22(28)24-18-7-4-8-19(14-18)26-12-5-10-23(26)29/h2-4,6-9,11,13-14,21H,5,10,12,15H2,1H3,(H,24,28)/t21-/m0/s1. The molecule has 1 atom stereocenters. The molecular formula is C23H23N3O3. The van der Waals surface area contributed by atoms with Crippen molar-refractivity contribution in [1.29, 1.82) is 0 Å². The molecule has 0 bridgehead atoms. The number of carbonyl (C=O) groups is 3. The van der Waals surface area contributed by atoms with E-state index in [0.29, 0.717) is 18.7 Å². The normalized spacial score (nSPS) is 18.0. The number of hydrogen-bond donors (Lipinski definition) is 1. The van der Waals surface area contributed by atoms with Crippen molar-refractivity contribution in [3.05, 3.63) is 65.9 Å². The number of rotatable bonds is 4. The van der Waals surface area contributed by atoms with Gasteiger partial charge in [-0.25, -0.2) is 0 Å². The third-order valence-electron chi connectivity index (χ3n) is 5.36. The lowest BCUT2D eigenvalue weighted by Gasteiger charge is -2.32. The second-order valence-electron chi connectivity index (χ2n) is 7.34. The number of nitrogens with one attached hydrogen (secondary N) is 1. The molecule has 1 fully saturated rings. The Morgan fingerprint density at radius 1 is 1.14 bits per heavy atom. The highest BCUT2D eigenvalue weighted by atomic mass is 16.2. The number of anilines is 2. The lowest BCUT2D eigenvalue weighted by molar-refractivity contribution is -0.129. The van der Waals surface area contributed by atoms with Crippen LogP contribution in [0.25, 0.3) is 6.08 Å². The quantitative estimate of drug-likeness (QED) is 0.867. The van der Waals surface area contributed by atoms with Gasteiger partial charge < -0.3 is 15.1 Å². The predicted molar refractivity (Wildman–Crippen MR) is 112 cm³/mol. The molecule has 2 heterocycles. The highest BCUT2D eigenvalue weighted by Gasteiger charge is 2.28. The van der Waals surface area contributed by atoms with Gasteiger partial charge in [-0.05, 0) is 41.8 Å². The molecule has 3 amide bonds. The largest absolute Gasteiger partial charge is 0.326 e. The lowest BCUT2D eigenvalue weighted by atomic mass is 9.93. The van der Waals surface area contributed by atoms with Gasteiger partial charge in [-0.1, -0.05) is 30.3 Å². The SMILES string of the molecule is CC(=O)N1C=Cc2ccccc2[C@@H]1CC(=O)Nc1cccc(N2CCCC2=O)c1. The summed E-state index contributed by atoms with van der Waals surface area (Å²) in [7, 11) is 0. The molecule has 0 aromatic heterocycles. The van der Waals surface area contributed by atoms with Gasteiger partial charge in [-0.15, -0.1) is 0 Å². The minimum absolute atomic E-state index is 0.108. The molecule has 2 aromatic rings. The maximum Gasteiger partial charge on any atom is 0.227 e. The highest BCUT2D eigenvalue weighted by Crippen LogP contribution is 2.33. The van der Waals surface area contributed by atoms with E-state index in [1.165, 1.54) is 6.92 Å². The average molecular weight is 389 g/mol. The summed E-state index contributed by atoms with van der Waals surface area (Å²) in [6.45, 7) is 2.20. The summed E-state index contributed by atoms with van der Waals surface area (Å²) in [5, 5.41) is 2.92. The van der Waals surface area contributed by atoms with Crippen LogP contribution in [0, 0.1) is 0 Å². The van der Waals surface area contributed by atoms with E-state index in [-0.39, 0.29) is 30.2 Å². The van der Waals surface area contributed by atoms with E-state index < -0.39 is 0 Å². The third kappa shape index (κ3) is 3.92. The zero-order valence-corrected chi connectivity index (χ0v) is 16.3. The average Bonchev–Trinajstić information content (AvgIpc) is 3.14. The summed E-state index contributed by atoms with van der Waals surface area (Å²) in [4.78, 5) is 40.2. The van der Waals surface area contributed by atoms with Gasteiger partial charge in [-0.2, -0.15) is 0 Å². The van der Waals surface area contributed by atoms with E-state index in [0.717, 1.165) is 23.2 Å². The molecule has 1 N–H and O–H groups in total. The Hall–Kier alpha value is -3.41. The summed E-state index contributed by atoms with van der Waals surface area (Å²) in [6.07, 6.45) is 5.19. The van der Waals surface area contributed by atoms with E-state index in [1.807, 2.05) is 48.5 Å². The highest BCUT2D eigenvalue weighted by molar-refractivity contribution is 5.97. The van der Waals surface area contributed by atoms with Gasteiger partial charge in [0.2, 0.25) is 17.7 Å². The predicted octanol–water partition coefficient (Wildman–Crippen LogP) is 3.72. The first-order chi connectivity index (χ1) is 14.0. The van der Waals surface area contributed by atoms with Crippen LogP contribution >= 0.6 is 0 Å². The smallest absolute Gasteiger partial charge is 0.227 e. The Labute approximate surface area is 169 Å². The van der Waals surface area contributed by atoms with E-state index >= 15 is 0 Å². The van der Waals surface area contributed by atoms with Crippen LogP contribution in [-0.4, -0.2) is 29.2 Å². The molecular weight excluding hydrogens is 366 g/mol. The number of nitrogens with zero attached hydrogens (tertiary/aromatic N) is 2. The van der Waals surface area contributed by atoms with E-state index in [4.69, 9.17) is 0 Å². The Bertz CT molecular complexity index is 998. The van der Waals surface area contributed by atoms with Gasteiger partial charge in [-0.3, -0.25) is 14.4 Å². The topological polar surface area (TPSA) is 69.7 Å². The molecule has 0 saturated carbocycles. The minimum Gasteiger partial charge on any atom is -0.326 e. The van der Waals surface area contributed by atoms with E-state index in [9.17, 15) is 14.4 Å². The lowest BCUT2D eigenvalue weighted by Crippen LogP contribution is -2.33. The van der Waals surface area contributed by atoms with Crippen LogP contribution in [-0.2, 0) is 14.4 Å². The molecule has 2 aliphatic rings. The summed E-state index contributed by atoms with van der Waals surface area (Å²) in [6, 6.07) is 14.8. The number of amides is 3. The Balaban J connectivity index is 1.51. The molecule has 0 aliphatic carbocycles. The molecule has 6 nitrogen and oxygen atoms in total. The van der Waals surface area contributed by atoms with Crippen LogP contribution in [0.1, 0.15) is 43.4 Å². The fourth-order valence-electron chi connectivity index (χ4n) is 3.97. The molecule has 0 unspecified atom stereocenters. The fourth-order valence-corrected chi connectivity index (χ4v) is 3.97. The van der Waals surface area contributed by atoms with Gasteiger partial charge >= 0.3 is 0 Å². The molecule has 29 heavy (non-hydrogen) atoms. The van der Waals surface area contributed by atoms with Gasteiger partial charge in [0.05, 0.1) is 12.5 Å². The molecule has 2 aliphatic heterocycles. The Morgan fingerprint density at radius 3 is 2.72 bits per heavy atom. The summed E-state index contributed by atoms with van der Waals surface area (Å²) in [5.74, 6) is -0.185. The van der Waals surface area contributed by atoms with Crippen molar-refractivity contribution in [1.82, 2.24) is 4.90 Å². The maximum atomic E-state index is 12.8. The molecule has 4 rings (SSSR count). The van der Waals surface area contributed by atoms with Crippen LogP contribution in [0.3, 0.4) is 0 Å². The van der Waals surface area contributed by atoms with Crippen molar-refractivity contribution in [2.45, 2.75) is 32.2 Å². The minimum atomic E-state index is -0.350. The summed E-state index contributed by atoms with van der Waals surface area (Å²) in [5.41, 5.74) is 3.40. The van der Waals surface area contributed by atoms with E-state index in [1.54, 1.807) is 22.1 Å². The van der Waals surface area contributed by atoms with Crippen molar-refractivity contribution < 1.29 is 14.4 Å². The number of carbonyl (C=O) groups excluding carboxylic acids is 3. The van der Waals surface area contributed by atoms with Crippen molar-refractivity contribution in [3.8, 4) is 0 Å². The van der Waals surface area contributed by atoms with E-state index in [2.05, 4.69) is 5.32 Å². The zero-order valence-electron chi connectivity index (χ0n) is 16.3. The van der Waals surface area contributed by atoms with Gasteiger partial charge in [0, 0.05) is 37.5 Å².